The minimum absolute atomic E-state index is 0.108. The highest BCUT2D eigenvalue weighted by molar-refractivity contribution is 7.99. The smallest absolute Gasteiger partial charge is 0.247 e. The highest BCUT2D eigenvalue weighted by atomic mass is 35.5. The number of nitrogens with zero attached hydrogens (tertiary/aromatic N) is 5. The average Bonchev–Trinajstić information content (AvgIpc) is 3.49. The van der Waals surface area contributed by atoms with Crippen LogP contribution in [0.1, 0.15) is 29.2 Å². The second kappa shape index (κ2) is 9.83. The first-order valence-corrected chi connectivity index (χ1v) is 12.1. The molecule has 0 saturated heterocycles. The molecule has 0 spiro atoms. The Kier molecular flexibility index (Phi) is 6.47. The second-order valence-corrected chi connectivity index (χ2v) is 9.70. The minimum atomic E-state index is -0.108. The molecule has 0 N–H and O–H groups in total. The molecule has 2 aromatic heterocycles. The third-order valence-corrected chi connectivity index (χ3v) is 6.66. The molecule has 0 aliphatic carbocycles. The Labute approximate surface area is 207 Å². The third kappa shape index (κ3) is 4.90. The molecule has 0 aliphatic heterocycles. The van der Waals surface area contributed by atoms with E-state index in [0.29, 0.717) is 23.3 Å². The summed E-state index contributed by atoms with van der Waals surface area (Å²) in [5.74, 6) is 1.84. The van der Waals surface area contributed by atoms with Crippen LogP contribution in [0.25, 0.3) is 22.8 Å². The molecule has 170 valence electrons. The third-order valence-electron chi connectivity index (χ3n) is 5.34. The van der Waals surface area contributed by atoms with E-state index >= 15 is 0 Å². The van der Waals surface area contributed by atoms with Crippen molar-refractivity contribution in [1.29, 1.82) is 0 Å². The standard InChI is InChI=1S/C26H22ClN5OS/c1-17-7-6-10-21(15-17)25-30-29-24(33-25)18(2)34-26-31-28-23(20-11-13-22(27)14-12-20)32(26)16-19-8-4-3-5-9-19/h3-15,18H,16H2,1-2H3. The van der Waals surface area contributed by atoms with Gasteiger partial charge in [0.15, 0.2) is 11.0 Å². The number of halogens is 1. The van der Waals surface area contributed by atoms with Gasteiger partial charge in [-0.1, -0.05) is 71.4 Å². The van der Waals surface area contributed by atoms with Gasteiger partial charge in [-0.25, -0.2) is 0 Å². The van der Waals surface area contributed by atoms with Gasteiger partial charge in [-0.15, -0.1) is 20.4 Å². The molecule has 3 aromatic carbocycles. The van der Waals surface area contributed by atoms with E-state index in [1.165, 1.54) is 11.8 Å². The van der Waals surface area contributed by atoms with Crippen LogP contribution in [0.5, 0.6) is 0 Å². The van der Waals surface area contributed by atoms with Crippen LogP contribution >= 0.6 is 23.4 Å². The van der Waals surface area contributed by atoms with Gasteiger partial charge in [-0.3, -0.25) is 4.57 Å². The zero-order valence-corrected chi connectivity index (χ0v) is 20.3. The zero-order valence-electron chi connectivity index (χ0n) is 18.7. The minimum Gasteiger partial charge on any atom is -0.419 e. The van der Waals surface area contributed by atoms with Crippen molar-refractivity contribution in [3.05, 3.63) is 101 Å². The molecule has 0 amide bonds. The summed E-state index contributed by atoms with van der Waals surface area (Å²) < 4.78 is 8.12. The Morgan fingerprint density at radius 1 is 0.882 bits per heavy atom. The van der Waals surface area contributed by atoms with Crippen molar-refractivity contribution < 1.29 is 4.42 Å². The van der Waals surface area contributed by atoms with Crippen LogP contribution in [0.2, 0.25) is 5.02 Å². The van der Waals surface area contributed by atoms with Crippen molar-refractivity contribution in [3.63, 3.8) is 0 Å². The van der Waals surface area contributed by atoms with E-state index in [1.807, 2.05) is 80.6 Å². The van der Waals surface area contributed by atoms with Crippen LogP contribution in [0.3, 0.4) is 0 Å². The van der Waals surface area contributed by atoms with Crippen molar-refractivity contribution in [2.45, 2.75) is 30.8 Å². The predicted molar refractivity (Wildman–Crippen MR) is 135 cm³/mol. The molecule has 0 aliphatic rings. The van der Waals surface area contributed by atoms with Gasteiger partial charge >= 0.3 is 0 Å². The monoisotopic (exact) mass is 487 g/mol. The van der Waals surface area contributed by atoms with E-state index in [4.69, 9.17) is 16.0 Å². The number of thioether (sulfide) groups is 1. The molecule has 2 heterocycles. The summed E-state index contributed by atoms with van der Waals surface area (Å²) in [6.07, 6.45) is 0. The maximum atomic E-state index is 6.10. The predicted octanol–water partition coefficient (Wildman–Crippen LogP) is 6.86. The molecular weight excluding hydrogens is 466 g/mol. The molecule has 0 saturated carbocycles. The second-order valence-electron chi connectivity index (χ2n) is 7.96. The first-order chi connectivity index (χ1) is 16.6. The Balaban J connectivity index is 1.44. The fourth-order valence-electron chi connectivity index (χ4n) is 3.60. The first kappa shape index (κ1) is 22.4. The highest BCUT2D eigenvalue weighted by Gasteiger charge is 2.22. The maximum Gasteiger partial charge on any atom is 0.247 e. The lowest BCUT2D eigenvalue weighted by Crippen LogP contribution is -2.05. The SMILES string of the molecule is Cc1cccc(-c2nnc(C(C)Sc3nnc(-c4ccc(Cl)cc4)n3Cc3ccccc3)o2)c1. The van der Waals surface area contributed by atoms with Gasteiger partial charge in [0.25, 0.3) is 0 Å². The van der Waals surface area contributed by atoms with Gasteiger partial charge in [0, 0.05) is 16.1 Å². The molecule has 1 unspecified atom stereocenters. The lowest BCUT2D eigenvalue weighted by Gasteiger charge is -2.12. The van der Waals surface area contributed by atoms with Crippen molar-refractivity contribution >= 4 is 23.4 Å². The van der Waals surface area contributed by atoms with Gasteiger partial charge in [0.05, 0.1) is 11.8 Å². The molecule has 6 nitrogen and oxygen atoms in total. The Bertz CT molecular complexity index is 1400. The fourth-order valence-corrected chi connectivity index (χ4v) is 4.60. The van der Waals surface area contributed by atoms with Crippen molar-refractivity contribution in [3.8, 4) is 22.8 Å². The summed E-state index contributed by atoms with van der Waals surface area (Å²) >= 11 is 7.64. The number of aromatic nitrogens is 5. The molecule has 1 atom stereocenters. The lowest BCUT2D eigenvalue weighted by atomic mass is 10.1. The normalized spacial score (nSPS) is 12.1. The molecule has 0 radical (unpaired) electrons. The van der Waals surface area contributed by atoms with Gasteiger partial charge in [-0.05, 0) is 55.8 Å². The molecule has 5 aromatic rings. The lowest BCUT2D eigenvalue weighted by molar-refractivity contribution is 0.508. The van der Waals surface area contributed by atoms with Crippen molar-refractivity contribution in [1.82, 2.24) is 25.0 Å². The number of hydrogen-bond donors (Lipinski definition) is 0. The van der Waals surface area contributed by atoms with Crippen LogP contribution in [-0.4, -0.2) is 25.0 Å². The Hall–Kier alpha value is -3.42. The van der Waals surface area contributed by atoms with E-state index in [0.717, 1.165) is 33.2 Å². The van der Waals surface area contributed by atoms with Crippen LogP contribution in [0, 0.1) is 6.92 Å². The number of aryl methyl sites for hydroxylation is 1. The number of rotatable bonds is 7. The van der Waals surface area contributed by atoms with Gasteiger partial charge < -0.3 is 4.42 Å². The largest absolute Gasteiger partial charge is 0.419 e. The van der Waals surface area contributed by atoms with E-state index in [2.05, 4.69) is 37.1 Å². The topological polar surface area (TPSA) is 69.6 Å². The van der Waals surface area contributed by atoms with Crippen molar-refractivity contribution in [2.24, 2.45) is 0 Å². The van der Waals surface area contributed by atoms with Crippen LogP contribution in [0.15, 0.2) is 88.4 Å². The average molecular weight is 488 g/mol. The summed E-state index contributed by atoms with van der Waals surface area (Å²) in [6, 6.07) is 25.9. The van der Waals surface area contributed by atoms with E-state index in [9.17, 15) is 0 Å². The van der Waals surface area contributed by atoms with E-state index in [1.54, 1.807) is 0 Å². The summed E-state index contributed by atoms with van der Waals surface area (Å²) in [5, 5.41) is 18.9. The molecule has 0 bridgehead atoms. The van der Waals surface area contributed by atoms with Gasteiger partial charge in [0.2, 0.25) is 11.8 Å². The van der Waals surface area contributed by atoms with Crippen molar-refractivity contribution in [2.75, 3.05) is 0 Å². The van der Waals surface area contributed by atoms with Gasteiger partial charge in [0.1, 0.15) is 0 Å². The number of hydrogen-bond acceptors (Lipinski definition) is 6. The molecule has 5 rings (SSSR count). The van der Waals surface area contributed by atoms with E-state index < -0.39 is 0 Å². The summed E-state index contributed by atoms with van der Waals surface area (Å²) in [7, 11) is 0. The maximum absolute atomic E-state index is 6.10. The Morgan fingerprint density at radius 2 is 1.68 bits per heavy atom. The summed E-state index contributed by atoms with van der Waals surface area (Å²) in [5.41, 5.74) is 4.16. The first-order valence-electron chi connectivity index (χ1n) is 10.9. The van der Waals surface area contributed by atoms with Crippen LogP contribution in [0.4, 0.5) is 0 Å². The molecule has 8 heteroatoms. The van der Waals surface area contributed by atoms with Gasteiger partial charge in [-0.2, -0.15) is 0 Å². The summed E-state index contributed by atoms with van der Waals surface area (Å²) in [4.78, 5) is 0. The number of benzene rings is 3. The summed E-state index contributed by atoms with van der Waals surface area (Å²) in [6.45, 7) is 4.71. The van der Waals surface area contributed by atoms with E-state index in [-0.39, 0.29) is 5.25 Å². The molecular formula is C26H22ClN5OS. The molecule has 0 fully saturated rings. The van der Waals surface area contributed by atoms with Crippen LogP contribution in [-0.2, 0) is 6.54 Å². The zero-order chi connectivity index (χ0) is 23.5. The molecule has 34 heavy (non-hydrogen) atoms. The fraction of sp³-hybridized carbons (Fsp3) is 0.154. The quantitative estimate of drug-likeness (QED) is 0.233. The van der Waals surface area contributed by atoms with Crippen LogP contribution < -0.4 is 0 Å². The Morgan fingerprint density at radius 3 is 2.44 bits per heavy atom. The highest BCUT2D eigenvalue weighted by Crippen LogP contribution is 2.36.